The number of hydrogen-bond donors (Lipinski definition) is 7. The Kier molecular flexibility index (Phi) is 9.46. The first kappa shape index (κ1) is 40.3. The molecule has 6 atom stereocenters. The van der Waals surface area contributed by atoms with Crippen LogP contribution in [0.4, 0.5) is 0 Å². The highest BCUT2D eigenvalue weighted by molar-refractivity contribution is 6.25. The van der Waals surface area contributed by atoms with Crippen LogP contribution in [-0.2, 0) is 27.2 Å². The molecule has 0 bridgehead atoms. The number of allylic oxidation sites excluding steroid dienone is 4. The van der Waals surface area contributed by atoms with Crippen LogP contribution in [0.5, 0.6) is 11.5 Å². The summed E-state index contributed by atoms with van der Waals surface area (Å²) in [7, 11) is 0. The zero-order valence-corrected chi connectivity index (χ0v) is 33.2. The van der Waals surface area contributed by atoms with Crippen molar-refractivity contribution in [2.75, 3.05) is 0 Å². The van der Waals surface area contributed by atoms with Crippen molar-refractivity contribution in [1.29, 1.82) is 0 Å². The number of fused-ring (bicyclic) bond motifs is 6. The van der Waals surface area contributed by atoms with Gasteiger partial charge in [0.05, 0.1) is 22.3 Å². The van der Waals surface area contributed by atoms with Gasteiger partial charge in [-0.15, -0.1) is 0 Å². The maximum absolute atomic E-state index is 14.0. The standard InChI is InChI=1S/C48H42O12/c1-21-15-29-16-27-18-31-25(12-14-34(52)41(31)43(55)39(27)46(58)48(29,60)44(56)36(21)23(3)49)9-7-5-6-8-10-26-11-13-33(51)40-32(26)19-28-17-30-20-35(53)37(24(4)50)22(2)47(30,59)45(57)38(28)42(40)54/h11-14,27-30,51-53,57-60H,2,5-6,15-20H2,1,3-4H3/t27-,28-,29-,30+,47+,48-/m1/s1. The Balaban J connectivity index is 1.03. The number of aliphatic hydroxyl groups is 5. The molecule has 6 aliphatic rings. The van der Waals surface area contributed by atoms with E-state index in [0.717, 1.165) is 0 Å². The van der Waals surface area contributed by atoms with E-state index in [1.807, 2.05) is 0 Å². The van der Waals surface area contributed by atoms with E-state index in [0.29, 0.717) is 40.7 Å². The van der Waals surface area contributed by atoms with Gasteiger partial charge in [-0.25, -0.2) is 0 Å². The predicted octanol–water partition coefficient (Wildman–Crippen LogP) is 5.36. The van der Waals surface area contributed by atoms with E-state index in [9.17, 15) is 59.7 Å². The molecule has 7 N–H and O–H groups in total. The maximum Gasteiger partial charge on any atom is 0.205 e. The second-order valence-corrected chi connectivity index (χ2v) is 16.8. The summed E-state index contributed by atoms with van der Waals surface area (Å²) in [4.78, 5) is 65.9. The van der Waals surface area contributed by atoms with Crippen LogP contribution in [-0.4, -0.2) is 75.9 Å². The predicted molar refractivity (Wildman–Crippen MR) is 215 cm³/mol. The van der Waals surface area contributed by atoms with Crippen molar-refractivity contribution in [1.82, 2.24) is 0 Å². The number of unbranched alkanes of at least 4 members (excludes halogenated alkanes) is 1. The highest BCUT2D eigenvalue weighted by Crippen LogP contribution is 2.55. The fourth-order valence-electron chi connectivity index (χ4n) is 10.6. The molecule has 0 spiro atoms. The van der Waals surface area contributed by atoms with Gasteiger partial charge in [-0.2, -0.15) is 0 Å². The first-order chi connectivity index (χ1) is 28.3. The van der Waals surface area contributed by atoms with Crippen LogP contribution >= 0.6 is 0 Å². The van der Waals surface area contributed by atoms with Gasteiger partial charge in [-0.3, -0.25) is 24.0 Å². The Labute approximate surface area is 345 Å². The Morgan fingerprint density at radius 2 is 1.13 bits per heavy atom. The van der Waals surface area contributed by atoms with Crippen LogP contribution in [0.3, 0.4) is 0 Å². The summed E-state index contributed by atoms with van der Waals surface area (Å²) in [6, 6.07) is 5.85. The summed E-state index contributed by atoms with van der Waals surface area (Å²) in [5.74, 6) is 3.90. The highest BCUT2D eigenvalue weighted by atomic mass is 16.4. The first-order valence-electron chi connectivity index (χ1n) is 19.8. The molecule has 0 fully saturated rings. The van der Waals surface area contributed by atoms with Gasteiger partial charge in [-0.05, 0) is 106 Å². The molecule has 0 saturated carbocycles. The van der Waals surface area contributed by atoms with E-state index in [-0.39, 0.29) is 94.8 Å². The third-order valence-corrected chi connectivity index (χ3v) is 13.4. The summed E-state index contributed by atoms with van der Waals surface area (Å²) >= 11 is 0. The Morgan fingerprint density at radius 1 is 0.683 bits per heavy atom. The number of carbonyl (C=O) groups is 5. The molecule has 0 unspecified atom stereocenters. The molecule has 6 aliphatic carbocycles. The molecular weight excluding hydrogens is 769 g/mol. The molecular formula is C48H42O12. The van der Waals surface area contributed by atoms with E-state index >= 15 is 0 Å². The molecule has 0 aliphatic heterocycles. The highest BCUT2D eigenvalue weighted by Gasteiger charge is 2.59. The van der Waals surface area contributed by atoms with Gasteiger partial charge in [0.2, 0.25) is 5.78 Å². The van der Waals surface area contributed by atoms with Crippen LogP contribution < -0.4 is 0 Å². The Bertz CT molecular complexity index is 2530. The quantitative estimate of drug-likeness (QED) is 0.118. The molecule has 60 heavy (non-hydrogen) atoms. The van der Waals surface area contributed by atoms with Crippen molar-refractivity contribution in [3.05, 3.63) is 115 Å². The molecule has 2 aromatic carbocycles. The fourth-order valence-corrected chi connectivity index (χ4v) is 10.6. The summed E-state index contributed by atoms with van der Waals surface area (Å²) in [6.45, 7) is 7.89. The van der Waals surface area contributed by atoms with Crippen LogP contribution in [0.15, 0.2) is 81.6 Å². The first-order valence-corrected chi connectivity index (χ1v) is 19.8. The number of benzene rings is 2. The second kappa shape index (κ2) is 14.1. The summed E-state index contributed by atoms with van der Waals surface area (Å²) in [5.41, 5.74) is -3.02. The second-order valence-electron chi connectivity index (χ2n) is 16.8. The molecule has 0 heterocycles. The van der Waals surface area contributed by atoms with Gasteiger partial charge in [0.25, 0.3) is 0 Å². The molecule has 12 heteroatoms. The average Bonchev–Trinajstić information content (AvgIpc) is 3.17. The van der Waals surface area contributed by atoms with Gasteiger partial charge in [-0.1, -0.05) is 35.8 Å². The van der Waals surface area contributed by atoms with Crippen molar-refractivity contribution >= 4 is 28.9 Å². The van der Waals surface area contributed by atoms with Crippen molar-refractivity contribution in [3.8, 4) is 35.2 Å². The van der Waals surface area contributed by atoms with Gasteiger partial charge in [0.15, 0.2) is 34.3 Å². The van der Waals surface area contributed by atoms with Gasteiger partial charge < -0.3 is 35.7 Å². The molecule has 8 rings (SSSR count). The van der Waals surface area contributed by atoms with Gasteiger partial charge in [0, 0.05) is 53.4 Å². The summed E-state index contributed by atoms with van der Waals surface area (Å²) in [6.07, 6.45) is 1.43. The molecule has 0 amide bonds. The SMILES string of the molecule is C=C1C(C(C)=O)=C(O)C[C@@H]2C[C@@H]3Cc4c(C#CCCC#Cc5ccc(O)c6c5C[C@H]5C[C@H]7CC(C)=C(C(C)=O)C(=O)[C@@]7(O)C(O)=C5C6=O)ccc(O)c4C(=O)C3=C(O)[C@]12O. The van der Waals surface area contributed by atoms with Crippen molar-refractivity contribution in [2.45, 2.75) is 83.3 Å². The number of phenols is 2. The number of Topliss-reactive ketones (excluding diaryl/α,β-unsaturated/α-hetero) is 5. The van der Waals surface area contributed by atoms with Crippen LogP contribution in [0.2, 0.25) is 0 Å². The van der Waals surface area contributed by atoms with Crippen molar-refractivity contribution in [3.63, 3.8) is 0 Å². The third kappa shape index (κ3) is 5.66. The van der Waals surface area contributed by atoms with Crippen molar-refractivity contribution in [2.24, 2.45) is 23.7 Å². The number of hydrogen-bond acceptors (Lipinski definition) is 12. The topological polar surface area (TPSA) is 227 Å². The number of ketones is 5. The minimum atomic E-state index is -2.43. The molecule has 2 aromatic rings. The minimum Gasteiger partial charge on any atom is -0.512 e. The van der Waals surface area contributed by atoms with E-state index in [4.69, 9.17) is 0 Å². The van der Waals surface area contributed by atoms with Gasteiger partial charge in [0.1, 0.15) is 28.8 Å². The Morgan fingerprint density at radius 3 is 1.60 bits per heavy atom. The number of aliphatic hydroxyl groups excluding tert-OH is 3. The van der Waals surface area contributed by atoms with Crippen LogP contribution in [0.1, 0.15) is 102 Å². The largest absolute Gasteiger partial charge is 0.512 e. The van der Waals surface area contributed by atoms with Crippen molar-refractivity contribution < 1.29 is 59.7 Å². The lowest BCUT2D eigenvalue weighted by Crippen LogP contribution is -2.56. The van der Waals surface area contributed by atoms with E-state index in [2.05, 4.69) is 30.3 Å². The summed E-state index contributed by atoms with van der Waals surface area (Å²) in [5, 5.41) is 78.5. The average molecular weight is 811 g/mol. The van der Waals surface area contributed by atoms with Gasteiger partial charge >= 0.3 is 0 Å². The number of aromatic hydroxyl groups is 2. The van der Waals surface area contributed by atoms with E-state index in [1.165, 1.54) is 26.0 Å². The summed E-state index contributed by atoms with van der Waals surface area (Å²) < 4.78 is 0. The zero-order chi connectivity index (χ0) is 43.3. The molecule has 0 saturated heterocycles. The number of phenolic OH excluding ortho intramolecular Hbond substituents is 2. The lowest BCUT2D eigenvalue weighted by atomic mass is 9.59. The monoisotopic (exact) mass is 810 g/mol. The lowest BCUT2D eigenvalue weighted by Gasteiger charge is -2.48. The lowest BCUT2D eigenvalue weighted by molar-refractivity contribution is -0.143. The molecule has 12 nitrogen and oxygen atoms in total. The third-order valence-electron chi connectivity index (χ3n) is 13.4. The fraction of sp³-hybridized carbons (Fsp3) is 0.354. The number of rotatable bonds is 3. The smallest absolute Gasteiger partial charge is 0.205 e. The normalized spacial score (nSPS) is 28.0. The van der Waals surface area contributed by atoms with Crippen LogP contribution in [0, 0.1) is 47.4 Å². The van der Waals surface area contributed by atoms with Crippen LogP contribution in [0.25, 0.3) is 0 Å². The Hall–Kier alpha value is -6.47. The number of carbonyl (C=O) groups excluding carboxylic acids is 5. The van der Waals surface area contributed by atoms with E-state index in [1.54, 1.807) is 19.1 Å². The van der Waals surface area contributed by atoms with E-state index < -0.39 is 75.3 Å². The zero-order valence-electron chi connectivity index (χ0n) is 33.2. The molecule has 306 valence electrons. The molecule has 0 radical (unpaired) electrons. The maximum atomic E-state index is 14.0. The molecule has 0 aromatic heterocycles. The minimum absolute atomic E-state index is 0.0452.